The number of nitrogens with one attached hydrogen (secondary N) is 1. The second-order valence-corrected chi connectivity index (χ2v) is 9.74. The lowest BCUT2D eigenvalue weighted by molar-refractivity contribution is -0.118. The van der Waals surface area contributed by atoms with Gasteiger partial charge in [-0.25, -0.2) is 4.79 Å². The third-order valence-corrected chi connectivity index (χ3v) is 7.03. The number of carbonyl (C=O) groups excluding carboxylic acids is 2. The molecule has 34 heavy (non-hydrogen) atoms. The van der Waals surface area contributed by atoms with Crippen molar-refractivity contribution in [2.45, 2.75) is 26.4 Å². The average molecular weight is 519 g/mol. The van der Waals surface area contributed by atoms with Crippen molar-refractivity contribution in [2.75, 3.05) is 25.1 Å². The van der Waals surface area contributed by atoms with Gasteiger partial charge in [0.15, 0.2) is 6.61 Å². The fourth-order valence-electron chi connectivity index (χ4n) is 3.84. The molecule has 2 aromatic carbocycles. The van der Waals surface area contributed by atoms with Gasteiger partial charge in [0.2, 0.25) is 0 Å². The summed E-state index contributed by atoms with van der Waals surface area (Å²) in [5.41, 5.74) is 2.63. The van der Waals surface area contributed by atoms with Gasteiger partial charge in [-0.1, -0.05) is 53.5 Å². The summed E-state index contributed by atoms with van der Waals surface area (Å²) in [4.78, 5) is 28.8. The van der Waals surface area contributed by atoms with E-state index in [4.69, 9.17) is 32.7 Å². The van der Waals surface area contributed by atoms with Gasteiger partial charge >= 0.3 is 5.97 Å². The van der Waals surface area contributed by atoms with Crippen LogP contribution in [0, 0.1) is 0 Å². The standard InChI is InChI=1S/C25H24Cl2N2O4S/c1-2-32-25(31)23-18-10-11-29(13-16-6-4-3-5-7-16)14-21(18)34-24(23)28-22(30)15-33-20-9-8-17(26)12-19(20)27/h3-9,12H,2,10-11,13-15H2,1H3,(H,28,30). The van der Waals surface area contributed by atoms with E-state index in [-0.39, 0.29) is 13.2 Å². The maximum absolute atomic E-state index is 12.8. The van der Waals surface area contributed by atoms with Gasteiger partial charge in [0.25, 0.3) is 5.91 Å². The van der Waals surface area contributed by atoms with Crippen LogP contribution in [0.2, 0.25) is 10.0 Å². The first-order valence-electron chi connectivity index (χ1n) is 10.9. The van der Waals surface area contributed by atoms with Crippen LogP contribution >= 0.6 is 34.5 Å². The molecule has 3 aromatic rings. The smallest absolute Gasteiger partial charge is 0.341 e. The Morgan fingerprint density at radius 3 is 2.68 bits per heavy atom. The van der Waals surface area contributed by atoms with Gasteiger partial charge < -0.3 is 14.8 Å². The zero-order chi connectivity index (χ0) is 24.1. The number of halogens is 2. The molecule has 0 saturated carbocycles. The lowest BCUT2D eigenvalue weighted by Gasteiger charge is -2.27. The van der Waals surface area contributed by atoms with Gasteiger partial charge in [-0.3, -0.25) is 9.69 Å². The molecule has 9 heteroatoms. The first-order chi connectivity index (χ1) is 16.4. The van der Waals surface area contributed by atoms with Gasteiger partial charge in [-0.15, -0.1) is 11.3 Å². The van der Waals surface area contributed by atoms with Crippen molar-refractivity contribution in [1.29, 1.82) is 0 Å². The number of esters is 1. The van der Waals surface area contributed by atoms with Gasteiger partial charge in [0.05, 0.1) is 17.2 Å². The van der Waals surface area contributed by atoms with Crippen LogP contribution in [0.4, 0.5) is 5.00 Å². The Labute approximate surface area is 212 Å². The summed E-state index contributed by atoms with van der Waals surface area (Å²) in [7, 11) is 0. The largest absolute Gasteiger partial charge is 0.482 e. The predicted octanol–water partition coefficient (Wildman–Crippen LogP) is 5.81. The van der Waals surface area contributed by atoms with Crippen LogP contribution in [0.3, 0.4) is 0 Å². The first-order valence-corrected chi connectivity index (χ1v) is 12.5. The Balaban J connectivity index is 1.49. The number of hydrogen-bond donors (Lipinski definition) is 1. The minimum absolute atomic E-state index is 0.258. The zero-order valence-corrected chi connectivity index (χ0v) is 20.9. The molecule has 0 radical (unpaired) electrons. The molecule has 0 aliphatic carbocycles. The van der Waals surface area contributed by atoms with Crippen molar-refractivity contribution in [1.82, 2.24) is 4.90 Å². The van der Waals surface area contributed by atoms with Crippen molar-refractivity contribution in [3.05, 3.63) is 80.1 Å². The molecule has 1 amide bonds. The van der Waals surface area contributed by atoms with Crippen LogP contribution in [0.1, 0.15) is 33.3 Å². The normalized spacial score (nSPS) is 13.3. The number of rotatable bonds is 8. The van der Waals surface area contributed by atoms with E-state index in [0.29, 0.717) is 39.3 Å². The number of benzene rings is 2. The number of ether oxygens (including phenoxy) is 2. The Hall–Kier alpha value is -2.58. The maximum Gasteiger partial charge on any atom is 0.341 e. The highest BCUT2D eigenvalue weighted by molar-refractivity contribution is 7.17. The van der Waals surface area contributed by atoms with Crippen molar-refractivity contribution >= 4 is 51.4 Å². The van der Waals surface area contributed by atoms with Crippen LogP contribution in [0.15, 0.2) is 48.5 Å². The Kier molecular flexibility index (Phi) is 8.11. The number of hydrogen-bond acceptors (Lipinski definition) is 6. The predicted molar refractivity (Wildman–Crippen MR) is 135 cm³/mol. The summed E-state index contributed by atoms with van der Waals surface area (Å²) in [5.74, 6) is -0.460. The number of fused-ring (bicyclic) bond motifs is 1. The van der Waals surface area contributed by atoms with Crippen LogP contribution < -0.4 is 10.1 Å². The molecule has 2 heterocycles. The van der Waals surface area contributed by atoms with E-state index in [1.54, 1.807) is 25.1 Å². The molecular weight excluding hydrogens is 495 g/mol. The van der Waals surface area contributed by atoms with E-state index in [9.17, 15) is 9.59 Å². The molecule has 4 rings (SSSR count). The maximum atomic E-state index is 12.8. The number of carbonyl (C=O) groups is 2. The van der Waals surface area contributed by atoms with Crippen LogP contribution in [0.5, 0.6) is 5.75 Å². The van der Waals surface area contributed by atoms with E-state index in [1.807, 2.05) is 18.2 Å². The summed E-state index contributed by atoms with van der Waals surface area (Å²) < 4.78 is 10.8. The van der Waals surface area contributed by atoms with Gasteiger partial charge in [0.1, 0.15) is 10.8 Å². The Morgan fingerprint density at radius 1 is 1.15 bits per heavy atom. The molecule has 0 bridgehead atoms. The van der Waals surface area contributed by atoms with E-state index in [0.717, 1.165) is 23.5 Å². The minimum Gasteiger partial charge on any atom is -0.482 e. The first kappa shape index (κ1) is 24.5. The summed E-state index contributed by atoms with van der Waals surface area (Å²) in [5, 5.41) is 4.12. The third-order valence-electron chi connectivity index (χ3n) is 5.37. The van der Waals surface area contributed by atoms with E-state index in [1.165, 1.54) is 16.9 Å². The monoisotopic (exact) mass is 518 g/mol. The summed E-state index contributed by atoms with van der Waals surface area (Å²) >= 11 is 13.4. The Morgan fingerprint density at radius 2 is 1.94 bits per heavy atom. The second kappa shape index (κ2) is 11.2. The van der Waals surface area contributed by atoms with Crippen molar-refractivity contribution in [3.63, 3.8) is 0 Å². The molecule has 0 saturated heterocycles. The highest BCUT2D eigenvalue weighted by Crippen LogP contribution is 2.38. The SMILES string of the molecule is CCOC(=O)c1c(NC(=O)COc2ccc(Cl)cc2Cl)sc2c1CCN(Cc1ccccc1)C2. The van der Waals surface area contributed by atoms with E-state index in [2.05, 4.69) is 22.3 Å². The van der Waals surface area contributed by atoms with Crippen molar-refractivity contribution in [3.8, 4) is 5.75 Å². The number of nitrogens with zero attached hydrogens (tertiary/aromatic N) is 1. The lowest BCUT2D eigenvalue weighted by atomic mass is 10.0. The molecule has 6 nitrogen and oxygen atoms in total. The molecule has 0 atom stereocenters. The molecule has 1 aromatic heterocycles. The number of thiophene rings is 1. The quantitative estimate of drug-likeness (QED) is 0.381. The van der Waals surface area contributed by atoms with E-state index < -0.39 is 11.9 Å². The molecule has 0 spiro atoms. The highest BCUT2D eigenvalue weighted by atomic mass is 35.5. The number of amides is 1. The molecule has 1 aliphatic heterocycles. The summed E-state index contributed by atoms with van der Waals surface area (Å²) in [6.45, 7) is 4.11. The summed E-state index contributed by atoms with van der Waals surface area (Å²) in [6.07, 6.45) is 0.708. The molecule has 1 N–H and O–H groups in total. The van der Waals surface area contributed by atoms with Crippen LogP contribution in [-0.2, 0) is 29.0 Å². The molecule has 178 valence electrons. The fourth-order valence-corrected chi connectivity index (χ4v) is 5.60. The minimum atomic E-state index is -0.423. The molecular formula is C25H24Cl2N2O4S. The van der Waals surface area contributed by atoms with Crippen molar-refractivity contribution < 1.29 is 19.1 Å². The topological polar surface area (TPSA) is 67.9 Å². The molecule has 1 aliphatic rings. The van der Waals surface area contributed by atoms with Crippen LogP contribution in [0.25, 0.3) is 0 Å². The second-order valence-electron chi connectivity index (χ2n) is 7.79. The van der Waals surface area contributed by atoms with Crippen molar-refractivity contribution in [2.24, 2.45) is 0 Å². The highest BCUT2D eigenvalue weighted by Gasteiger charge is 2.29. The van der Waals surface area contributed by atoms with Crippen LogP contribution in [-0.4, -0.2) is 36.5 Å². The Bertz CT molecular complexity index is 1180. The van der Waals surface area contributed by atoms with Gasteiger partial charge in [0, 0.05) is 29.5 Å². The molecule has 0 unspecified atom stereocenters. The van der Waals surface area contributed by atoms with Gasteiger partial charge in [-0.05, 0) is 42.7 Å². The fraction of sp³-hybridized carbons (Fsp3) is 0.280. The number of anilines is 1. The summed E-state index contributed by atoms with van der Waals surface area (Å²) in [6, 6.07) is 15.1. The molecule has 0 fully saturated rings. The third kappa shape index (κ3) is 5.91. The lowest BCUT2D eigenvalue weighted by Crippen LogP contribution is -2.30. The zero-order valence-electron chi connectivity index (χ0n) is 18.6. The van der Waals surface area contributed by atoms with E-state index >= 15 is 0 Å². The van der Waals surface area contributed by atoms with Gasteiger partial charge in [-0.2, -0.15) is 0 Å². The average Bonchev–Trinajstić information content (AvgIpc) is 3.16.